The van der Waals surface area contributed by atoms with Gasteiger partial charge >= 0.3 is 0 Å². The minimum Gasteiger partial charge on any atom is -0.489 e. The Morgan fingerprint density at radius 3 is 2.33 bits per heavy atom. The standard InChI is InChI=1S/C23H20F2N2O3/c24-18-7-9-20(10-8-18)27(12-11-22(26)28)23(29)17-4-1-3-16(13-17)15-30-21-6-2-5-19(25)14-21/h1-10,13-14H,11-12,15H2,(H2,26,28). The van der Waals surface area contributed by atoms with Gasteiger partial charge in [-0.3, -0.25) is 9.59 Å². The quantitative estimate of drug-likeness (QED) is 0.609. The highest BCUT2D eigenvalue weighted by atomic mass is 19.1. The molecule has 0 atom stereocenters. The van der Waals surface area contributed by atoms with Crippen LogP contribution in [0, 0.1) is 11.6 Å². The summed E-state index contributed by atoms with van der Waals surface area (Å²) in [4.78, 5) is 25.7. The third kappa shape index (κ3) is 5.64. The van der Waals surface area contributed by atoms with E-state index in [0.29, 0.717) is 22.6 Å². The molecule has 0 saturated carbocycles. The zero-order valence-electron chi connectivity index (χ0n) is 16.1. The summed E-state index contributed by atoms with van der Waals surface area (Å²) in [6, 6.07) is 18.0. The maximum atomic E-state index is 13.3. The van der Waals surface area contributed by atoms with Gasteiger partial charge in [0.15, 0.2) is 0 Å². The molecule has 5 nitrogen and oxygen atoms in total. The molecule has 0 bridgehead atoms. The maximum Gasteiger partial charge on any atom is 0.258 e. The number of nitrogens with two attached hydrogens (primary N) is 1. The highest BCUT2D eigenvalue weighted by Crippen LogP contribution is 2.20. The van der Waals surface area contributed by atoms with Gasteiger partial charge in [0.2, 0.25) is 5.91 Å². The summed E-state index contributed by atoms with van der Waals surface area (Å²) < 4.78 is 32.1. The van der Waals surface area contributed by atoms with Crippen molar-refractivity contribution in [3.63, 3.8) is 0 Å². The molecule has 0 aliphatic carbocycles. The number of amides is 2. The van der Waals surface area contributed by atoms with Crippen LogP contribution in [0.4, 0.5) is 14.5 Å². The zero-order chi connectivity index (χ0) is 21.5. The monoisotopic (exact) mass is 410 g/mol. The highest BCUT2D eigenvalue weighted by molar-refractivity contribution is 6.06. The van der Waals surface area contributed by atoms with Crippen molar-refractivity contribution in [2.24, 2.45) is 5.73 Å². The van der Waals surface area contributed by atoms with E-state index in [4.69, 9.17) is 10.5 Å². The van der Waals surface area contributed by atoms with E-state index in [1.165, 1.54) is 41.3 Å². The molecule has 0 aliphatic heterocycles. The first-order valence-electron chi connectivity index (χ1n) is 9.25. The lowest BCUT2D eigenvalue weighted by Crippen LogP contribution is -2.34. The van der Waals surface area contributed by atoms with Crippen molar-refractivity contribution in [2.75, 3.05) is 11.4 Å². The minimum atomic E-state index is -0.549. The average molecular weight is 410 g/mol. The Labute approximate surface area is 172 Å². The van der Waals surface area contributed by atoms with Gasteiger partial charge in [-0.25, -0.2) is 8.78 Å². The summed E-state index contributed by atoms with van der Waals surface area (Å²) >= 11 is 0. The van der Waals surface area contributed by atoms with Crippen molar-refractivity contribution in [2.45, 2.75) is 13.0 Å². The van der Waals surface area contributed by atoms with Gasteiger partial charge in [-0.15, -0.1) is 0 Å². The Bertz CT molecular complexity index is 1040. The zero-order valence-corrected chi connectivity index (χ0v) is 16.1. The van der Waals surface area contributed by atoms with Crippen LogP contribution in [-0.4, -0.2) is 18.4 Å². The SMILES string of the molecule is NC(=O)CCN(C(=O)c1cccc(COc2cccc(F)c2)c1)c1ccc(F)cc1. The van der Waals surface area contributed by atoms with Crippen LogP contribution in [0.2, 0.25) is 0 Å². The van der Waals surface area contributed by atoms with Crippen LogP contribution >= 0.6 is 0 Å². The van der Waals surface area contributed by atoms with Gasteiger partial charge in [-0.05, 0) is 54.1 Å². The molecule has 154 valence electrons. The Morgan fingerprint density at radius 1 is 0.900 bits per heavy atom. The molecule has 0 unspecified atom stereocenters. The number of anilines is 1. The lowest BCUT2D eigenvalue weighted by Gasteiger charge is -2.23. The van der Waals surface area contributed by atoms with Crippen molar-refractivity contribution in [3.8, 4) is 5.75 Å². The topological polar surface area (TPSA) is 72.6 Å². The van der Waals surface area contributed by atoms with Gasteiger partial charge in [0.1, 0.15) is 24.0 Å². The number of halogens is 2. The van der Waals surface area contributed by atoms with Crippen molar-refractivity contribution in [1.82, 2.24) is 0 Å². The van der Waals surface area contributed by atoms with Crippen LogP contribution in [0.1, 0.15) is 22.3 Å². The number of carbonyl (C=O) groups is 2. The molecule has 3 rings (SSSR count). The van der Waals surface area contributed by atoms with Crippen LogP contribution in [0.25, 0.3) is 0 Å². The molecule has 0 fully saturated rings. The van der Waals surface area contributed by atoms with Gasteiger partial charge in [0.05, 0.1) is 0 Å². The molecule has 0 radical (unpaired) electrons. The third-order valence-corrected chi connectivity index (χ3v) is 4.34. The van der Waals surface area contributed by atoms with Gasteiger partial charge in [-0.2, -0.15) is 0 Å². The fraction of sp³-hybridized carbons (Fsp3) is 0.130. The number of benzene rings is 3. The van der Waals surface area contributed by atoms with E-state index >= 15 is 0 Å². The molecule has 30 heavy (non-hydrogen) atoms. The Kier molecular flexibility index (Phi) is 6.75. The van der Waals surface area contributed by atoms with Crippen molar-refractivity contribution in [3.05, 3.63) is 95.6 Å². The van der Waals surface area contributed by atoms with Crippen LogP contribution < -0.4 is 15.4 Å². The van der Waals surface area contributed by atoms with Crippen LogP contribution in [0.5, 0.6) is 5.75 Å². The van der Waals surface area contributed by atoms with Crippen LogP contribution in [-0.2, 0) is 11.4 Å². The number of ether oxygens (including phenoxy) is 1. The number of primary amides is 1. The first-order valence-corrected chi connectivity index (χ1v) is 9.25. The average Bonchev–Trinajstić information content (AvgIpc) is 2.73. The Balaban J connectivity index is 1.79. The molecule has 0 saturated heterocycles. The molecular weight excluding hydrogens is 390 g/mol. The van der Waals surface area contributed by atoms with E-state index in [2.05, 4.69) is 0 Å². The van der Waals surface area contributed by atoms with Crippen molar-refractivity contribution < 1.29 is 23.1 Å². The predicted molar refractivity (Wildman–Crippen MR) is 109 cm³/mol. The third-order valence-electron chi connectivity index (χ3n) is 4.34. The molecule has 2 N–H and O–H groups in total. The summed E-state index contributed by atoms with van der Waals surface area (Å²) in [5, 5.41) is 0. The molecule has 0 aromatic heterocycles. The highest BCUT2D eigenvalue weighted by Gasteiger charge is 2.19. The van der Waals surface area contributed by atoms with E-state index < -0.39 is 17.5 Å². The Morgan fingerprint density at radius 2 is 1.63 bits per heavy atom. The summed E-state index contributed by atoms with van der Waals surface area (Å²) in [5.41, 5.74) is 6.75. The number of carbonyl (C=O) groups excluding carboxylic acids is 2. The van der Waals surface area contributed by atoms with E-state index in [1.807, 2.05) is 0 Å². The maximum absolute atomic E-state index is 13.3. The summed E-state index contributed by atoms with van der Waals surface area (Å²) in [6.45, 7) is 0.201. The van der Waals surface area contributed by atoms with Crippen LogP contribution in [0.3, 0.4) is 0 Å². The second-order valence-corrected chi connectivity index (χ2v) is 6.60. The second-order valence-electron chi connectivity index (χ2n) is 6.60. The lowest BCUT2D eigenvalue weighted by molar-refractivity contribution is -0.117. The van der Waals surface area contributed by atoms with E-state index in [9.17, 15) is 18.4 Å². The van der Waals surface area contributed by atoms with Gasteiger partial charge in [0.25, 0.3) is 5.91 Å². The summed E-state index contributed by atoms with van der Waals surface area (Å²) in [5.74, 6) is -1.37. The van der Waals surface area contributed by atoms with E-state index in [1.54, 1.807) is 36.4 Å². The van der Waals surface area contributed by atoms with Crippen molar-refractivity contribution in [1.29, 1.82) is 0 Å². The van der Waals surface area contributed by atoms with Crippen molar-refractivity contribution >= 4 is 17.5 Å². The van der Waals surface area contributed by atoms with Gasteiger partial charge in [-0.1, -0.05) is 18.2 Å². The first kappa shape index (κ1) is 21.0. The minimum absolute atomic E-state index is 0.0362. The Hall–Kier alpha value is -3.74. The molecular formula is C23H20F2N2O3. The predicted octanol–water partition coefficient (Wildman–Crippen LogP) is 4.07. The molecule has 3 aromatic rings. The van der Waals surface area contributed by atoms with E-state index in [-0.39, 0.29) is 25.5 Å². The summed E-state index contributed by atoms with van der Waals surface area (Å²) in [7, 11) is 0. The number of nitrogens with zero attached hydrogens (tertiary/aromatic N) is 1. The second kappa shape index (κ2) is 9.65. The fourth-order valence-corrected chi connectivity index (χ4v) is 2.86. The van der Waals surface area contributed by atoms with Crippen LogP contribution in [0.15, 0.2) is 72.8 Å². The molecule has 3 aromatic carbocycles. The number of hydrogen-bond acceptors (Lipinski definition) is 3. The molecule has 0 spiro atoms. The molecule has 7 heteroatoms. The normalized spacial score (nSPS) is 10.5. The molecule has 2 amide bonds. The van der Waals surface area contributed by atoms with E-state index in [0.717, 1.165) is 0 Å². The smallest absolute Gasteiger partial charge is 0.258 e. The first-order chi connectivity index (χ1) is 14.4. The number of hydrogen-bond donors (Lipinski definition) is 1. The lowest BCUT2D eigenvalue weighted by atomic mass is 10.1. The fourth-order valence-electron chi connectivity index (χ4n) is 2.86. The molecule has 0 aliphatic rings. The summed E-state index contributed by atoms with van der Waals surface area (Å²) in [6.07, 6.45) is -0.0362. The number of rotatable bonds is 8. The molecule has 0 heterocycles. The van der Waals surface area contributed by atoms with Gasteiger partial charge < -0.3 is 15.4 Å². The van der Waals surface area contributed by atoms with Gasteiger partial charge in [0, 0.05) is 30.3 Å². The largest absolute Gasteiger partial charge is 0.489 e.